The van der Waals surface area contributed by atoms with Crippen molar-refractivity contribution in [3.05, 3.63) is 63.7 Å². The van der Waals surface area contributed by atoms with Gasteiger partial charge in [-0.15, -0.1) is 0 Å². The highest BCUT2D eigenvalue weighted by molar-refractivity contribution is 5.95. The number of anilines is 2. The van der Waals surface area contributed by atoms with E-state index in [9.17, 15) is 14.9 Å². The minimum absolute atomic E-state index is 0.0414. The molecule has 0 unspecified atom stereocenters. The Balaban J connectivity index is 2.40. The molecule has 0 fully saturated rings. The average Bonchev–Trinajstić information content (AvgIpc) is 2.38. The summed E-state index contributed by atoms with van der Waals surface area (Å²) in [4.78, 5) is 21.4. The number of nitro benzene ring substituents is 1. The molecule has 20 heavy (non-hydrogen) atoms. The summed E-state index contributed by atoms with van der Waals surface area (Å²) in [5.74, 6) is -1.06. The predicted octanol–water partition coefficient (Wildman–Crippen LogP) is 3.35. The maximum Gasteiger partial charge on any atom is 0.337 e. The van der Waals surface area contributed by atoms with Gasteiger partial charge in [0.25, 0.3) is 5.69 Å². The van der Waals surface area contributed by atoms with Crippen molar-refractivity contribution in [2.24, 2.45) is 0 Å². The maximum atomic E-state index is 11.1. The highest BCUT2D eigenvalue weighted by Gasteiger charge is 2.12. The van der Waals surface area contributed by atoms with E-state index in [1.807, 2.05) is 0 Å². The minimum atomic E-state index is -1.06. The molecule has 0 saturated carbocycles. The minimum Gasteiger partial charge on any atom is -0.478 e. The van der Waals surface area contributed by atoms with Crippen LogP contribution in [0.25, 0.3) is 0 Å². The SMILES string of the molecule is Cc1cc(Nc2ccccc2C(=O)O)cc([N+](=O)[O-])c1. The number of para-hydroxylation sites is 1. The Morgan fingerprint density at radius 1 is 1.25 bits per heavy atom. The Kier molecular flexibility index (Phi) is 3.65. The van der Waals surface area contributed by atoms with E-state index >= 15 is 0 Å². The smallest absolute Gasteiger partial charge is 0.337 e. The third-order valence-electron chi connectivity index (χ3n) is 2.71. The van der Waals surface area contributed by atoms with Gasteiger partial charge in [-0.1, -0.05) is 12.1 Å². The Morgan fingerprint density at radius 3 is 2.60 bits per heavy atom. The van der Waals surface area contributed by atoms with Crippen molar-refractivity contribution >= 4 is 23.0 Å². The number of aromatic carboxylic acids is 1. The van der Waals surface area contributed by atoms with Gasteiger partial charge in [-0.3, -0.25) is 10.1 Å². The first kappa shape index (κ1) is 13.5. The summed E-state index contributed by atoms with van der Waals surface area (Å²) in [5.41, 5.74) is 1.65. The Bertz CT molecular complexity index is 683. The molecule has 0 aliphatic carbocycles. The van der Waals surface area contributed by atoms with Gasteiger partial charge in [0.15, 0.2) is 0 Å². The van der Waals surface area contributed by atoms with E-state index in [0.29, 0.717) is 11.4 Å². The zero-order valence-corrected chi connectivity index (χ0v) is 10.7. The lowest BCUT2D eigenvalue weighted by Crippen LogP contribution is -2.02. The van der Waals surface area contributed by atoms with Crippen LogP contribution in [0, 0.1) is 17.0 Å². The van der Waals surface area contributed by atoms with Crippen LogP contribution in [0.15, 0.2) is 42.5 Å². The van der Waals surface area contributed by atoms with Gasteiger partial charge in [-0.05, 0) is 30.7 Å². The number of nitrogens with zero attached hydrogens (tertiary/aromatic N) is 1. The second-order valence-electron chi connectivity index (χ2n) is 4.29. The number of nitrogens with one attached hydrogen (secondary N) is 1. The molecule has 2 N–H and O–H groups in total. The number of benzene rings is 2. The van der Waals surface area contributed by atoms with E-state index in [2.05, 4.69) is 5.32 Å². The number of carboxylic acids is 1. The molecule has 0 aliphatic heterocycles. The van der Waals surface area contributed by atoms with Crippen LogP contribution in [0.5, 0.6) is 0 Å². The van der Waals surface area contributed by atoms with Gasteiger partial charge < -0.3 is 10.4 Å². The van der Waals surface area contributed by atoms with Gasteiger partial charge in [0.1, 0.15) is 0 Å². The summed E-state index contributed by atoms with van der Waals surface area (Å²) in [6, 6.07) is 10.9. The first-order valence-corrected chi connectivity index (χ1v) is 5.83. The van der Waals surface area contributed by atoms with Crippen molar-refractivity contribution in [2.75, 3.05) is 5.32 Å². The van der Waals surface area contributed by atoms with E-state index in [0.717, 1.165) is 5.56 Å². The average molecular weight is 272 g/mol. The largest absolute Gasteiger partial charge is 0.478 e. The molecule has 0 amide bonds. The lowest BCUT2D eigenvalue weighted by Gasteiger charge is -2.10. The van der Waals surface area contributed by atoms with Crippen LogP contribution in [0.4, 0.5) is 17.1 Å². The topological polar surface area (TPSA) is 92.5 Å². The summed E-state index contributed by atoms with van der Waals surface area (Å²) in [6.45, 7) is 1.74. The van der Waals surface area contributed by atoms with Crippen molar-refractivity contribution < 1.29 is 14.8 Å². The van der Waals surface area contributed by atoms with E-state index in [4.69, 9.17) is 5.11 Å². The van der Waals surface area contributed by atoms with Crippen LogP contribution >= 0.6 is 0 Å². The molecule has 0 bridgehead atoms. The number of hydrogen-bond donors (Lipinski definition) is 2. The lowest BCUT2D eigenvalue weighted by atomic mass is 10.1. The fourth-order valence-electron chi connectivity index (χ4n) is 1.87. The lowest BCUT2D eigenvalue weighted by molar-refractivity contribution is -0.384. The molecule has 0 saturated heterocycles. The molecule has 2 aromatic carbocycles. The molecule has 0 spiro atoms. The second-order valence-corrected chi connectivity index (χ2v) is 4.29. The zero-order chi connectivity index (χ0) is 14.7. The molecule has 6 nitrogen and oxygen atoms in total. The van der Waals surface area contributed by atoms with Crippen LogP contribution < -0.4 is 5.32 Å². The maximum absolute atomic E-state index is 11.1. The van der Waals surface area contributed by atoms with E-state index in [1.54, 1.807) is 31.2 Å². The quantitative estimate of drug-likeness (QED) is 0.657. The van der Waals surface area contributed by atoms with Gasteiger partial charge in [0.05, 0.1) is 16.2 Å². The predicted molar refractivity (Wildman–Crippen MR) is 74.5 cm³/mol. The highest BCUT2D eigenvalue weighted by Crippen LogP contribution is 2.25. The number of hydrogen-bond acceptors (Lipinski definition) is 4. The number of carboxylic acid groups (broad SMARTS) is 1. The van der Waals surface area contributed by atoms with Crippen LogP contribution in [0.3, 0.4) is 0 Å². The van der Waals surface area contributed by atoms with Crippen LogP contribution in [0.1, 0.15) is 15.9 Å². The van der Waals surface area contributed by atoms with Crippen molar-refractivity contribution in [1.82, 2.24) is 0 Å². The number of rotatable bonds is 4. The molecule has 2 rings (SSSR count). The second kappa shape index (κ2) is 5.40. The third-order valence-corrected chi connectivity index (χ3v) is 2.71. The normalized spacial score (nSPS) is 10.1. The Labute approximate surface area is 114 Å². The van der Waals surface area contributed by atoms with E-state index in [-0.39, 0.29) is 11.3 Å². The molecule has 6 heteroatoms. The Hall–Kier alpha value is -2.89. The van der Waals surface area contributed by atoms with Gasteiger partial charge in [-0.2, -0.15) is 0 Å². The van der Waals surface area contributed by atoms with Crippen molar-refractivity contribution in [2.45, 2.75) is 6.92 Å². The van der Waals surface area contributed by atoms with Gasteiger partial charge in [-0.25, -0.2) is 4.79 Å². The number of non-ortho nitro benzene ring substituents is 1. The molecule has 102 valence electrons. The number of aryl methyl sites for hydroxylation is 1. The molecule has 0 heterocycles. The van der Waals surface area contributed by atoms with Crippen molar-refractivity contribution in [3.8, 4) is 0 Å². The summed E-state index contributed by atoms with van der Waals surface area (Å²) in [7, 11) is 0. The third kappa shape index (κ3) is 2.92. The van der Waals surface area contributed by atoms with Crippen molar-refractivity contribution in [3.63, 3.8) is 0 Å². The van der Waals surface area contributed by atoms with Crippen LogP contribution in [-0.2, 0) is 0 Å². The van der Waals surface area contributed by atoms with Crippen LogP contribution in [0.2, 0.25) is 0 Å². The molecule has 0 aromatic heterocycles. The summed E-state index contributed by atoms with van der Waals surface area (Å²) in [5, 5.41) is 22.8. The van der Waals surface area contributed by atoms with E-state index < -0.39 is 10.9 Å². The molecular weight excluding hydrogens is 260 g/mol. The summed E-state index contributed by atoms with van der Waals surface area (Å²) < 4.78 is 0. The zero-order valence-electron chi connectivity index (χ0n) is 10.7. The number of carbonyl (C=O) groups is 1. The fourth-order valence-corrected chi connectivity index (χ4v) is 1.87. The summed E-state index contributed by atoms with van der Waals surface area (Å²) in [6.07, 6.45) is 0. The fraction of sp³-hybridized carbons (Fsp3) is 0.0714. The molecule has 2 aromatic rings. The van der Waals surface area contributed by atoms with Crippen molar-refractivity contribution in [1.29, 1.82) is 0 Å². The monoisotopic (exact) mass is 272 g/mol. The van der Waals surface area contributed by atoms with E-state index in [1.165, 1.54) is 18.2 Å². The molecule has 0 atom stereocenters. The standard InChI is InChI=1S/C14H12N2O4/c1-9-6-10(8-11(7-9)16(19)20)15-13-5-3-2-4-12(13)14(17)18/h2-8,15H,1H3,(H,17,18). The highest BCUT2D eigenvalue weighted by atomic mass is 16.6. The first-order valence-electron chi connectivity index (χ1n) is 5.83. The van der Waals surface area contributed by atoms with Gasteiger partial charge in [0.2, 0.25) is 0 Å². The van der Waals surface area contributed by atoms with Gasteiger partial charge in [0, 0.05) is 17.8 Å². The Morgan fingerprint density at radius 2 is 1.95 bits per heavy atom. The van der Waals surface area contributed by atoms with Crippen LogP contribution in [-0.4, -0.2) is 16.0 Å². The van der Waals surface area contributed by atoms with Gasteiger partial charge >= 0.3 is 5.97 Å². The molecule has 0 aliphatic rings. The summed E-state index contributed by atoms with van der Waals surface area (Å²) >= 11 is 0. The number of nitro groups is 1. The molecular formula is C14H12N2O4. The first-order chi connectivity index (χ1) is 9.47. The molecule has 0 radical (unpaired) electrons.